The number of benzene rings is 1. The van der Waals surface area contributed by atoms with E-state index in [4.69, 9.17) is 16.7 Å². The highest BCUT2D eigenvalue weighted by Gasteiger charge is 2.05. The summed E-state index contributed by atoms with van der Waals surface area (Å²) in [7, 11) is 0. The van der Waals surface area contributed by atoms with Crippen LogP contribution in [0.4, 0.5) is 4.39 Å². The molecule has 0 atom stereocenters. The molecule has 0 heterocycles. The summed E-state index contributed by atoms with van der Waals surface area (Å²) >= 11 is 8.45. The molecule has 0 amide bonds. The molecule has 1 aromatic carbocycles. The zero-order chi connectivity index (χ0) is 8.43. The van der Waals surface area contributed by atoms with Gasteiger partial charge in [0.2, 0.25) is 0 Å². The van der Waals surface area contributed by atoms with E-state index in [1.807, 2.05) is 0 Å². The number of aliphatic hydroxyl groups excluding tert-OH is 1. The molecule has 1 nitrogen and oxygen atoms in total. The Kier molecular flexibility index (Phi) is 2.87. The topological polar surface area (TPSA) is 20.2 Å². The number of hydrogen-bond donors (Lipinski definition) is 1. The zero-order valence-corrected chi connectivity index (χ0v) is 7.78. The van der Waals surface area contributed by atoms with Crippen LogP contribution in [0.1, 0.15) is 5.56 Å². The highest BCUT2D eigenvalue weighted by atomic mass is 79.9. The molecule has 0 spiro atoms. The van der Waals surface area contributed by atoms with Crippen LogP contribution in [0.3, 0.4) is 0 Å². The summed E-state index contributed by atoms with van der Waals surface area (Å²) in [5.74, 6) is -0.496. The molecule has 0 aliphatic rings. The first-order valence-corrected chi connectivity index (χ1v) is 4.06. The van der Waals surface area contributed by atoms with Crippen molar-refractivity contribution in [3.63, 3.8) is 0 Å². The lowest BCUT2D eigenvalue weighted by molar-refractivity contribution is 0.281. The number of rotatable bonds is 1. The molecular weight excluding hydrogens is 234 g/mol. The predicted octanol–water partition coefficient (Wildman–Crippen LogP) is 2.73. The van der Waals surface area contributed by atoms with Gasteiger partial charge in [0.25, 0.3) is 0 Å². The van der Waals surface area contributed by atoms with Gasteiger partial charge in [-0.1, -0.05) is 11.6 Å². The first kappa shape index (κ1) is 8.97. The standard InChI is InChI=1S/C7H5BrClFO/c8-5-1-4(3-11)2-6(9)7(5)10/h1-2,11H,3H2. The molecule has 0 saturated carbocycles. The van der Waals surface area contributed by atoms with Crippen molar-refractivity contribution in [2.24, 2.45) is 0 Å². The third-order valence-corrected chi connectivity index (χ3v) is 2.08. The number of hydrogen-bond acceptors (Lipinski definition) is 1. The predicted molar refractivity (Wildman–Crippen MR) is 45.0 cm³/mol. The maximum absolute atomic E-state index is 12.8. The maximum Gasteiger partial charge on any atom is 0.155 e. The van der Waals surface area contributed by atoms with E-state index < -0.39 is 5.82 Å². The van der Waals surface area contributed by atoms with Gasteiger partial charge >= 0.3 is 0 Å². The van der Waals surface area contributed by atoms with Crippen LogP contribution in [-0.2, 0) is 6.61 Å². The fourth-order valence-corrected chi connectivity index (χ4v) is 1.56. The van der Waals surface area contributed by atoms with Crippen LogP contribution in [0.15, 0.2) is 16.6 Å². The summed E-state index contributed by atoms with van der Waals surface area (Å²) in [6, 6.07) is 2.88. The van der Waals surface area contributed by atoms with Crippen molar-refractivity contribution in [3.8, 4) is 0 Å². The van der Waals surface area contributed by atoms with Crippen LogP contribution in [-0.4, -0.2) is 5.11 Å². The fraction of sp³-hybridized carbons (Fsp3) is 0.143. The lowest BCUT2D eigenvalue weighted by Gasteiger charge is -2.00. The lowest BCUT2D eigenvalue weighted by Crippen LogP contribution is -1.86. The van der Waals surface area contributed by atoms with Crippen molar-refractivity contribution >= 4 is 27.5 Å². The molecule has 1 rings (SSSR count). The summed E-state index contributed by atoms with van der Waals surface area (Å²) in [5, 5.41) is 8.69. The maximum atomic E-state index is 12.8. The van der Waals surface area contributed by atoms with E-state index in [9.17, 15) is 4.39 Å². The van der Waals surface area contributed by atoms with E-state index in [2.05, 4.69) is 15.9 Å². The second-order valence-electron chi connectivity index (χ2n) is 2.03. The van der Waals surface area contributed by atoms with Gasteiger partial charge in [0.15, 0.2) is 5.82 Å². The first-order valence-electron chi connectivity index (χ1n) is 2.89. The summed E-state index contributed by atoms with van der Waals surface area (Å²) in [4.78, 5) is 0. The van der Waals surface area contributed by atoms with E-state index >= 15 is 0 Å². The summed E-state index contributed by atoms with van der Waals surface area (Å²) in [6.07, 6.45) is 0. The van der Waals surface area contributed by atoms with Crippen molar-refractivity contribution in [2.45, 2.75) is 6.61 Å². The summed E-state index contributed by atoms with van der Waals surface area (Å²) in [6.45, 7) is -0.140. The molecule has 1 N–H and O–H groups in total. The Morgan fingerprint density at radius 3 is 2.64 bits per heavy atom. The van der Waals surface area contributed by atoms with Crippen LogP contribution in [0, 0.1) is 5.82 Å². The first-order chi connectivity index (χ1) is 5.15. The lowest BCUT2D eigenvalue weighted by atomic mass is 10.2. The molecule has 0 radical (unpaired) electrons. The molecule has 0 aromatic heterocycles. The quantitative estimate of drug-likeness (QED) is 0.747. The molecule has 1 aromatic rings. The minimum absolute atomic E-state index is 0.0171. The van der Waals surface area contributed by atoms with Gasteiger partial charge < -0.3 is 5.11 Å². The SMILES string of the molecule is OCc1cc(Cl)c(F)c(Br)c1. The minimum atomic E-state index is -0.496. The van der Waals surface area contributed by atoms with Crippen LogP contribution < -0.4 is 0 Å². The second-order valence-corrected chi connectivity index (χ2v) is 3.29. The Bertz CT molecular complexity index is 254. The average molecular weight is 239 g/mol. The van der Waals surface area contributed by atoms with E-state index in [1.165, 1.54) is 12.1 Å². The molecule has 0 fully saturated rings. The van der Waals surface area contributed by atoms with Gasteiger partial charge in [-0.2, -0.15) is 0 Å². The largest absolute Gasteiger partial charge is 0.392 e. The molecule has 60 valence electrons. The molecular formula is C7H5BrClFO. The van der Waals surface area contributed by atoms with Crippen LogP contribution >= 0.6 is 27.5 Å². The Labute approximate surface area is 76.9 Å². The average Bonchev–Trinajstić information content (AvgIpc) is 1.99. The highest BCUT2D eigenvalue weighted by molar-refractivity contribution is 9.10. The smallest absolute Gasteiger partial charge is 0.155 e. The molecule has 4 heteroatoms. The van der Waals surface area contributed by atoms with Gasteiger partial charge in [-0.05, 0) is 33.6 Å². The molecule has 0 unspecified atom stereocenters. The zero-order valence-electron chi connectivity index (χ0n) is 5.44. The fourth-order valence-electron chi connectivity index (χ4n) is 0.699. The van der Waals surface area contributed by atoms with Gasteiger partial charge in [-0.15, -0.1) is 0 Å². The van der Waals surface area contributed by atoms with Crippen LogP contribution in [0.5, 0.6) is 0 Å². The Balaban J connectivity index is 3.21. The van der Waals surface area contributed by atoms with Gasteiger partial charge in [0.1, 0.15) is 0 Å². The highest BCUT2D eigenvalue weighted by Crippen LogP contribution is 2.24. The number of halogens is 3. The van der Waals surface area contributed by atoms with Crippen molar-refractivity contribution in [1.29, 1.82) is 0 Å². The Hall–Kier alpha value is -0.120. The van der Waals surface area contributed by atoms with Crippen LogP contribution in [0.25, 0.3) is 0 Å². The Morgan fingerprint density at radius 1 is 1.55 bits per heavy atom. The Morgan fingerprint density at radius 2 is 2.18 bits per heavy atom. The van der Waals surface area contributed by atoms with Crippen molar-refractivity contribution in [3.05, 3.63) is 33.0 Å². The number of aliphatic hydroxyl groups is 1. The monoisotopic (exact) mass is 238 g/mol. The normalized spacial score (nSPS) is 10.2. The second kappa shape index (κ2) is 3.52. The van der Waals surface area contributed by atoms with Gasteiger partial charge in [0, 0.05) is 0 Å². The summed E-state index contributed by atoms with van der Waals surface area (Å²) in [5.41, 5.74) is 0.586. The third-order valence-electron chi connectivity index (χ3n) is 1.23. The molecule has 0 aliphatic heterocycles. The van der Waals surface area contributed by atoms with E-state index in [-0.39, 0.29) is 16.1 Å². The summed E-state index contributed by atoms with van der Waals surface area (Å²) < 4.78 is 13.1. The van der Waals surface area contributed by atoms with Crippen molar-refractivity contribution in [2.75, 3.05) is 0 Å². The van der Waals surface area contributed by atoms with E-state index in [1.54, 1.807) is 0 Å². The molecule has 0 bridgehead atoms. The molecule has 0 saturated heterocycles. The van der Waals surface area contributed by atoms with Crippen molar-refractivity contribution in [1.82, 2.24) is 0 Å². The molecule has 0 aliphatic carbocycles. The van der Waals surface area contributed by atoms with E-state index in [0.29, 0.717) is 5.56 Å². The minimum Gasteiger partial charge on any atom is -0.392 e. The molecule has 11 heavy (non-hydrogen) atoms. The third kappa shape index (κ3) is 1.92. The van der Waals surface area contributed by atoms with Gasteiger partial charge in [-0.25, -0.2) is 4.39 Å². The van der Waals surface area contributed by atoms with Crippen LogP contribution in [0.2, 0.25) is 5.02 Å². The van der Waals surface area contributed by atoms with Crippen molar-refractivity contribution < 1.29 is 9.50 Å². The van der Waals surface area contributed by atoms with Gasteiger partial charge in [-0.3, -0.25) is 0 Å². The van der Waals surface area contributed by atoms with Gasteiger partial charge in [0.05, 0.1) is 16.1 Å². The van der Waals surface area contributed by atoms with E-state index in [0.717, 1.165) is 0 Å².